The van der Waals surface area contributed by atoms with Crippen molar-refractivity contribution in [1.82, 2.24) is 15.0 Å². The molecule has 0 fully saturated rings. The molecule has 1 heterocycles. The number of nitrogens with zero attached hydrogens (tertiary/aromatic N) is 4. The van der Waals surface area contributed by atoms with Crippen LogP contribution in [-0.4, -0.2) is 15.0 Å². The van der Waals surface area contributed by atoms with Crippen molar-refractivity contribution in [2.24, 2.45) is 0 Å². The van der Waals surface area contributed by atoms with Crippen molar-refractivity contribution in [3.05, 3.63) is 272 Å². The second kappa shape index (κ2) is 18.6. The Labute approximate surface area is 440 Å². The second-order valence-corrected chi connectivity index (χ2v) is 19.3. The number of benzene rings is 13. The van der Waals surface area contributed by atoms with E-state index in [1.807, 2.05) is 48.5 Å². The third-order valence-electron chi connectivity index (χ3n) is 15.0. The van der Waals surface area contributed by atoms with Gasteiger partial charge < -0.3 is 0 Å². The molecule has 0 N–H and O–H groups in total. The number of hydrogen-bond acceptors (Lipinski definition) is 4. The van der Waals surface area contributed by atoms with Gasteiger partial charge in [0.05, 0.1) is 11.6 Å². The number of hydrogen-bond donors (Lipinski definition) is 0. The quantitative estimate of drug-likeness (QED) is 0.142. The van der Waals surface area contributed by atoms with Crippen molar-refractivity contribution in [3.8, 4) is 95.9 Å². The highest BCUT2D eigenvalue weighted by Crippen LogP contribution is 2.42. The Morgan fingerprint density at radius 1 is 0.237 bits per heavy atom. The summed E-state index contributed by atoms with van der Waals surface area (Å²) in [6.45, 7) is 0. The maximum absolute atomic E-state index is 10.6. The Kier molecular flexibility index (Phi) is 10.9. The van der Waals surface area contributed by atoms with Gasteiger partial charge in [0, 0.05) is 22.3 Å². The second-order valence-electron chi connectivity index (χ2n) is 19.3. The Hall–Kier alpha value is -10.3. The first-order chi connectivity index (χ1) is 37.6. The van der Waals surface area contributed by atoms with Crippen molar-refractivity contribution >= 4 is 53.9 Å². The van der Waals surface area contributed by atoms with Gasteiger partial charge in [0.1, 0.15) is 0 Å². The molecule has 0 atom stereocenters. The Balaban J connectivity index is 0.822. The van der Waals surface area contributed by atoms with Crippen LogP contribution in [-0.2, 0) is 0 Å². The van der Waals surface area contributed by atoms with E-state index in [1.54, 1.807) is 0 Å². The van der Waals surface area contributed by atoms with Crippen LogP contribution in [0.25, 0.3) is 144 Å². The normalized spacial score (nSPS) is 11.4. The van der Waals surface area contributed by atoms with E-state index in [0.717, 1.165) is 66.8 Å². The zero-order valence-electron chi connectivity index (χ0n) is 41.2. The Bertz CT molecular complexity index is 4590. The van der Waals surface area contributed by atoms with Gasteiger partial charge in [-0.1, -0.05) is 243 Å². The zero-order valence-corrected chi connectivity index (χ0v) is 41.2. The molecular formula is C72H44N4. The fourth-order valence-corrected chi connectivity index (χ4v) is 11.3. The van der Waals surface area contributed by atoms with Gasteiger partial charge in [-0.25, -0.2) is 15.0 Å². The van der Waals surface area contributed by atoms with Crippen molar-refractivity contribution in [3.63, 3.8) is 0 Å². The summed E-state index contributed by atoms with van der Waals surface area (Å²) < 4.78 is 0. The minimum Gasteiger partial charge on any atom is -0.208 e. The summed E-state index contributed by atoms with van der Waals surface area (Å²) in [5.41, 5.74) is 13.7. The summed E-state index contributed by atoms with van der Waals surface area (Å²) >= 11 is 0. The fraction of sp³-hybridized carbons (Fsp3) is 0. The summed E-state index contributed by atoms with van der Waals surface area (Å²) in [6, 6.07) is 96.5. The maximum atomic E-state index is 10.6. The van der Waals surface area contributed by atoms with E-state index >= 15 is 0 Å². The molecule has 14 aromatic rings. The average Bonchev–Trinajstić information content (AvgIpc) is 3.51. The minimum atomic E-state index is 0.582. The standard InChI is InChI=1S/C72H44N4/c73-45-55-21-15-31-58(53-20-14-19-51(42-53)52-40-41-65-62-27-9-8-25-60(62)61-26-10-12-29-64(61)68(65)43-52)69(55)48-36-32-46(33-37-48)56-22-6-13-30-66(56)72-75-70(49-16-2-1-3-17-49)74-71(76-72)50-38-34-47(35-39-50)67-44-54-18-4-5-23-57(54)59-24-7-11-28-63(59)67/h1-44H. The zero-order chi connectivity index (χ0) is 50.5. The molecule has 4 nitrogen and oxygen atoms in total. The summed E-state index contributed by atoms with van der Waals surface area (Å²) in [7, 11) is 0. The lowest BCUT2D eigenvalue weighted by molar-refractivity contribution is 1.07. The van der Waals surface area contributed by atoms with E-state index in [2.05, 4.69) is 224 Å². The fourth-order valence-electron chi connectivity index (χ4n) is 11.3. The molecule has 14 rings (SSSR count). The first-order valence-electron chi connectivity index (χ1n) is 25.6. The molecule has 352 valence electrons. The van der Waals surface area contributed by atoms with Gasteiger partial charge in [-0.3, -0.25) is 0 Å². The van der Waals surface area contributed by atoms with Crippen molar-refractivity contribution in [1.29, 1.82) is 5.26 Å². The van der Waals surface area contributed by atoms with E-state index in [9.17, 15) is 5.26 Å². The largest absolute Gasteiger partial charge is 0.208 e. The van der Waals surface area contributed by atoms with Crippen LogP contribution in [0.3, 0.4) is 0 Å². The van der Waals surface area contributed by atoms with Crippen molar-refractivity contribution in [2.75, 3.05) is 0 Å². The van der Waals surface area contributed by atoms with E-state index in [1.165, 1.54) is 59.4 Å². The average molecular weight is 965 g/mol. The number of nitriles is 1. The monoisotopic (exact) mass is 964 g/mol. The van der Waals surface area contributed by atoms with Crippen LogP contribution in [0, 0.1) is 11.3 Å². The van der Waals surface area contributed by atoms with E-state index < -0.39 is 0 Å². The summed E-state index contributed by atoms with van der Waals surface area (Å²) in [6.07, 6.45) is 0. The van der Waals surface area contributed by atoms with Crippen molar-refractivity contribution in [2.45, 2.75) is 0 Å². The highest BCUT2D eigenvalue weighted by atomic mass is 15.0. The maximum Gasteiger partial charge on any atom is 0.164 e. The topological polar surface area (TPSA) is 62.5 Å². The lowest BCUT2D eigenvalue weighted by atomic mass is 9.88. The number of aromatic nitrogens is 3. The molecule has 0 bridgehead atoms. The lowest BCUT2D eigenvalue weighted by Crippen LogP contribution is -2.01. The molecule has 0 aliphatic heterocycles. The molecule has 0 unspecified atom stereocenters. The van der Waals surface area contributed by atoms with Crippen LogP contribution in [0.1, 0.15) is 5.56 Å². The van der Waals surface area contributed by atoms with Crippen LogP contribution in [0.4, 0.5) is 0 Å². The third kappa shape index (κ3) is 7.74. The molecular weight excluding hydrogens is 921 g/mol. The number of rotatable bonds is 8. The van der Waals surface area contributed by atoms with Crippen LogP contribution >= 0.6 is 0 Å². The summed E-state index contributed by atoms with van der Waals surface area (Å²) in [4.78, 5) is 15.5. The third-order valence-corrected chi connectivity index (χ3v) is 15.0. The minimum absolute atomic E-state index is 0.582. The predicted molar refractivity (Wildman–Crippen MR) is 316 cm³/mol. The highest BCUT2D eigenvalue weighted by molar-refractivity contribution is 6.25. The molecule has 0 radical (unpaired) electrons. The summed E-state index contributed by atoms with van der Waals surface area (Å²) in [5, 5.41) is 23.0. The van der Waals surface area contributed by atoms with Crippen LogP contribution in [0.15, 0.2) is 267 Å². The van der Waals surface area contributed by atoms with Crippen LogP contribution in [0.2, 0.25) is 0 Å². The lowest BCUT2D eigenvalue weighted by Gasteiger charge is -2.15. The molecule has 4 heteroatoms. The van der Waals surface area contributed by atoms with Crippen LogP contribution < -0.4 is 0 Å². The highest BCUT2D eigenvalue weighted by Gasteiger charge is 2.19. The first kappa shape index (κ1) is 44.4. The molecule has 0 spiro atoms. The SMILES string of the molecule is N#Cc1cccc(-c2cccc(-c3ccc4c5ccccc5c5ccccc5c4c3)c2)c1-c1ccc(-c2ccccc2-c2nc(-c3ccccc3)nc(-c3ccc(-c4cc5ccccc5c5ccccc45)cc3)n2)cc1. The van der Waals surface area contributed by atoms with Crippen LogP contribution in [0.5, 0.6) is 0 Å². The van der Waals surface area contributed by atoms with Gasteiger partial charge in [0.25, 0.3) is 0 Å². The van der Waals surface area contributed by atoms with E-state index in [4.69, 9.17) is 15.0 Å². The Morgan fingerprint density at radius 2 is 0.671 bits per heavy atom. The van der Waals surface area contributed by atoms with Crippen molar-refractivity contribution < 1.29 is 0 Å². The molecule has 0 saturated heterocycles. The van der Waals surface area contributed by atoms with Gasteiger partial charge in [-0.05, 0) is 128 Å². The molecule has 76 heavy (non-hydrogen) atoms. The molecule has 1 aromatic heterocycles. The van der Waals surface area contributed by atoms with Gasteiger partial charge >= 0.3 is 0 Å². The molecule has 0 saturated carbocycles. The van der Waals surface area contributed by atoms with Gasteiger partial charge in [0.2, 0.25) is 0 Å². The molecule has 0 amide bonds. The predicted octanol–water partition coefficient (Wildman–Crippen LogP) is 18.8. The smallest absolute Gasteiger partial charge is 0.164 e. The first-order valence-corrected chi connectivity index (χ1v) is 25.6. The van der Waals surface area contributed by atoms with Gasteiger partial charge in [-0.2, -0.15) is 5.26 Å². The van der Waals surface area contributed by atoms with E-state index in [-0.39, 0.29) is 0 Å². The number of fused-ring (bicyclic) bond motifs is 9. The summed E-state index contributed by atoms with van der Waals surface area (Å²) in [5.74, 6) is 1.78. The molecule has 0 aliphatic carbocycles. The Morgan fingerprint density at radius 3 is 1.36 bits per heavy atom. The van der Waals surface area contributed by atoms with E-state index in [0.29, 0.717) is 23.0 Å². The molecule has 13 aromatic carbocycles. The molecule has 0 aliphatic rings. The van der Waals surface area contributed by atoms with Gasteiger partial charge in [-0.15, -0.1) is 0 Å². The van der Waals surface area contributed by atoms with Gasteiger partial charge in [0.15, 0.2) is 17.5 Å².